The van der Waals surface area contributed by atoms with Crippen molar-refractivity contribution in [3.63, 3.8) is 0 Å². The zero-order valence-electron chi connectivity index (χ0n) is 10.6. The highest BCUT2D eigenvalue weighted by atomic mass is 35.5. The Hall–Kier alpha value is -2.00. The maximum absolute atomic E-state index is 5.89. The molecule has 0 aliphatic heterocycles. The van der Waals surface area contributed by atoms with Gasteiger partial charge in [0.05, 0.1) is 7.11 Å². The molecule has 3 rings (SSSR count). The average Bonchev–Trinajstić information content (AvgIpc) is 2.76. The largest absolute Gasteiger partial charge is 0.497 e. The van der Waals surface area contributed by atoms with Crippen molar-refractivity contribution in [3.05, 3.63) is 47.2 Å². The Balaban J connectivity index is 2.19. The molecular formula is C15H12ClNO2. The van der Waals surface area contributed by atoms with Gasteiger partial charge < -0.3 is 9.15 Å². The monoisotopic (exact) mass is 273 g/mol. The van der Waals surface area contributed by atoms with E-state index >= 15 is 0 Å². The zero-order valence-corrected chi connectivity index (χ0v) is 11.4. The van der Waals surface area contributed by atoms with Crippen LogP contribution in [0.5, 0.6) is 5.75 Å². The minimum atomic E-state index is 0.471. The number of halogens is 1. The van der Waals surface area contributed by atoms with E-state index in [1.165, 1.54) is 0 Å². The number of rotatable bonds is 2. The Kier molecular flexibility index (Phi) is 2.91. The summed E-state index contributed by atoms with van der Waals surface area (Å²) in [6, 6.07) is 9.42. The molecule has 0 radical (unpaired) electrons. The van der Waals surface area contributed by atoms with Gasteiger partial charge in [-0.3, -0.25) is 0 Å². The lowest BCUT2D eigenvalue weighted by Crippen LogP contribution is -1.82. The highest BCUT2D eigenvalue weighted by molar-refractivity contribution is 6.29. The van der Waals surface area contributed by atoms with Crippen LogP contribution in [-0.2, 0) is 0 Å². The molecule has 1 aromatic carbocycles. The molecule has 19 heavy (non-hydrogen) atoms. The van der Waals surface area contributed by atoms with Gasteiger partial charge in [0.15, 0.2) is 0 Å². The van der Waals surface area contributed by atoms with E-state index in [1.54, 1.807) is 19.4 Å². The topological polar surface area (TPSA) is 35.3 Å². The Morgan fingerprint density at radius 1 is 1.21 bits per heavy atom. The Bertz CT molecular complexity index is 732. The summed E-state index contributed by atoms with van der Waals surface area (Å²) in [6.45, 7) is 2.02. The van der Waals surface area contributed by atoms with Crippen LogP contribution >= 0.6 is 11.6 Å². The van der Waals surface area contributed by atoms with Crippen LogP contribution in [0.25, 0.3) is 22.3 Å². The molecule has 0 N–H and O–H groups in total. The van der Waals surface area contributed by atoms with E-state index in [1.807, 2.05) is 31.2 Å². The summed E-state index contributed by atoms with van der Waals surface area (Å²) in [7, 11) is 1.65. The summed E-state index contributed by atoms with van der Waals surface area (Å²) in [6.07, 6.45) is 1.71. The molecule has 0 aliphatic carbocycles. The number of hydrogen-bond acceptors (Lipinski definition) is 3. The molecule has 0 bridgehead atoms. The number of aryl methyl sites for hydroxylation is 1. The molecule has 0 unspecified atom stereocenters. The molecule has 0 atom stereocenters. The minimum Gasteiger partial charge on any atom is -0.497 e. The van der Waals surface area contributed by atoms with Crippen molar-refractivity contribution in [2.75, 3.05) is 7.11 Å². The van der Waals surface area contributed by atoms with Crippen LogP contribution in [0, 0.1) is 6.92 Å². The van der Waals surface area contributed by atoms with Crippen LogP contribution in [0.3, 0.4) is 0 Å². The summed E-state index contributed by atoms with van der Waals surface area (Å²) >= 11 is 5.80. The number of methoxy groups -OCH3 is 1. The van der Waals surface area contributed by atoms with E-state index < -0.39 is 0 Å². The number of pyridine rings is 1. The molecule has 2 aromatic heterocycles. The Morgan fingerprint density at radius 2 is 2.05 bits per heavy atom. The zero-order chi connectivity index (χ0) is 13.4. The van der Waals surface area contributed by atoms with Crippen LogP contribution in [0.2, 0.25) is 5.15 Å². The van der Waals surface area contributed by atoms with Gasteiger partial charge in [-0.15, -0.1) is 0 Å². The summed E-state index contributed by atoms with van der Waals surface area (Å²) in [5.74, 6) is 1.63. The fourth-order valence-electron chi connectivity index (χ4n) is 2.11. The molecule has 0 saturated carbocycles. The van der Waals surface area contributed by atoms with Gasteiger partial charge >= 0.3 is 0 Å². The Morgan fingerprint density at radius 3 is 2.74 bits per heavy atom. The van der Waals surface area contributed by atoms with Crippen LogP contribution in [0.15, 0.2) is 40.9 Å². The fraction of sp³-hybridized carbons (Fsp3) is 0.133. The number of benzene rings is 1. The van der Waals surface area contributed by atoms with Gasteiger partial charge in [-0.1, -0.05) is 11.6 Å². The van der Waals surface area contributed by atoms with Crippen molar-refractivity contribution in [2.45, 2.75) is 6.92 Å². The van der Waals surface area contributed by atoms with Crippen molar-refractivity contribution < 1.29 is 9.15 Å². The Labute approximate surface area is 115 Å². The molecular weight excluding hydrogens is 262 g/mol. The third-order valence-electron chi connectivity index (χ3n) is 3.13. The second kappa shape index (κ2) is 4.59. The summed E-state index contributed by atoms with van der Waals surface area (Å²) in [4.78, 5) is 4.08. The normalized spacial score (nSPS) is 10.9. The van der Waals surface area contributed by atoms with Crippen molar-refractivity contribution in [2.24, 2.45) is 0 Å². The quantitative estimate of drug-likeness (QED) is 0.647. The third-order valence-corrected chi connectivity index (χ3v) is 3.36. The number of nitrogens with zero attached hydrogens (tertiary/aromatic N) is 1. The molecule has 4 heteroatoms. The molecule has 0 amide bonds. The first-order valence-corrected chi connectivity index (χ1v) is 6.26. The number of aromatic nitrogens is 1. The molecule has 0 aliphatic rings. The van der Waals surface area contributed by atoms with E-state index in [0.29, 0.717) is 5.15 Å². The van der Waals surface area contributed by atoms with Gasteiger partial charge in [0.2, 0.25) is 0 Å². The maximum atomic E-state index is 5.89. The predicted octanol–water partition coefficient (Wildman–Crippen LogP) is 4.47. The highest BCUT2D eigenvalue weighted by Crippen LogP contribution is 2.34. The van der Waals surface area contributed by atoms with Gasteiger partial charge in [0, 0.05) is 22.7 Å². The van der Waals surface area contributed by atoms with Crippen molar-refractivity contribution >= 4 is 22.6 Å². The van der Waals surface area contributed by atoms with Crippen molar-refractivity contribution in [1.29, 1.82) is 0 Å². The van der Waals surface area contributed by atoms with E-state index in [9.17, 15) is 0 Å². The summed E-state index contributed by atoms with van der Waals surface area (Å²) < 4.78 is 11.1. The molecule has 0 fully saturated rings. The van der Waals surface area contributed by atoms with Crippen LogP contribution in [0.1, 0.15) is 5.56 Å². The molecule has 3 aromatic rings. The van der Waals surface area contributed by atoms with Gasteiger partial charge in [-0.2, -0.15) is 0 Å². The van der Waals surface area contributed by atoms with E-state index in [4.69, 9.17) is 20.8 Å². The minimum absolute atomic E-state index is 0.471. The van der Waals surface area contributed by atoms with Crippen LogP contribution in [-0.4, -0.2) is 12.1 Å². The SMILES string of the molecule is COc1ccc2oc(-c3ccc(Cl)nc3)c(C)c2c1. The second-order valence-electron chi connectivity index (χ2n) is 4.29. The van der Waals surface area contributed by atoms with Crippen molar-refractivity contribution in [3.8, 4) is 17.1 Å². The number of furan rings is 1. The van der Waals surface area contributed by atoms with Crippen molar-refractivity contribution in [1.82, 2.24) is 4.98 Å². The van der Waals surface area contributed by atoms with Gasteiger partial charge in [-0.25, -0.2) is 4.98 Å². The smallest absolute Gasteiger partial charge is 0.139 e. The van der Waals surface area contributed by atoms with E-state index in [-0.39, 0.29) is 0 Å². The fourth-order valence-corrected chi connectivity index (χ4v) is 2.22. The standard InChI is InChI=1S/C15H12ClNO2/c1-9-12-7-11(18-2)4-5-13(12)19-15(9)10-3-6-14(16)17-8-10/h3-8H,1-2H3. The second-order valence-corrected chi connectivity index (χ2v) is 4.68. The lowest BCUT2D eigenvalue weighted by molar-refractivity contribution is 0.415. The molecule has 3 nitrogen and oxygen atoms in total. The van der Waals surface area contributed by atoms with E-state index in [2.05, 4.69) is 4.98 Å². The first-order chi connectivity index (χ1) is 9.19. The molecule has 0 spiro atoms. The van der Waals surface area contributed by atoms with E-state index in [0.717, 1.165) is 33.6 Å². The summed E-state index contributed by atoms with van der Waals surface area (Å²) in [5, 5.41) is 1.52. The van der Waals surface area contributed by atoms with Gasteiger partial charge in [0.1, 0.15) is 22.2 Å². The first-order valence-electron chi connectivity index (χ1n) is 5.88. The highest BCUT2D eigenvalue weighted by Gasteiger charge is 2.13. The maximum Gasteiger partial charge on any atom is 0.139 e. The number of fused-ring (bicyclic) bond motifs is 1. The molecule has 0 saturated heterocycles. The number of ether oxygens (including phenoxy) is 1. The van der Waals surface area contributed by atoms with Gasteiger partial charge in [0.25, 0.3) is 0 Å². The number of hydrogen-bond donors (Lipinski definition) is 0. The lowest BCUT2D eigenvalue weighted by Gasteiger charge is -1.98. The van der Waals surface area contributed by atoms with Gasteiger partial charge in [-0.05, 0) is 37.3 Å². The predicted molar refractivity (Wildman–Crippen MR) is 75.7 cm³/mol. The first kappa shape index (κ1) is 12.1. The average molecular weight is 274 g/mol. The van der Waals surface area contributed by atoms with Crippen LogP contribution < -0.4 is 4.74 Å². The van der Waals surface area contributed by atoms with Crippen LogP contribution in [0.4, 0.5) is 0 Å². The molecule has 96 valence electrons. The lowest BCUT2D eigenvalue weighted by atomic mass is 10.1. The third kappa shape index (κ3) is 2.06. The summed E-state index contributed by atoms with van der Waals surface area (Å²) in [5.41, 5.74) is 2.82. The molecule has 2 heterocycles.